The highest BCUT2D eigenvalue weighted by Gasteiger charge is 2.36. The Hall–Kier alpha value is -2.26. The lowest BCUT2D eigenvalue weighted by atomic mass is 9.97. The molecule has 5 N–H and O–H groups in total. The van der Waals surface area contributed by atoms with Gasteiger partial charge in [-0.3, -0.25) is 10.2 Å². The lowest BCUT2D eigenvalue weighted by Crippen LogP contribution is -2.57. The van der Waals surface area contributed by atoms with Crippen molar-refractivity contribution in [2.75, 3.05) is 32.0 Å². The van der Waals surface area contributed by atoms with Crippen molar-refractivity contribution in [3.05, 3.63) is 39.6 Å². The van der Waals surface area contributed by atoms with Crippen molar-refractivity contribution in [2.45, 2.75) is 37.8 Å². The van der Waals surface area contributed by atoms with E-state index in [4.69, 9.17) is 34.3 Å². The summed E-state index contributed by atoms with van der Waals surface area (Å²) in [7, 11) is 1.49. The molecule has 2 aliphatic rings. The lowest BCUT2D eigenvalue weighted by molar-refractivity contribution is -0.137. The molecule has 0 aromatic heterocycles. The highest BCUT2D eigenvalue weighted by atomic mass is 35.5. The molecule has 170 valence electrons. The molecular weight excluding hydrogens is 449 g/mol. The summed E-state index contributed by atoms with van der Waals surface area (Å²) < 4.78 is 28.0. The summed E-state index contributed by atoms with van der Waals surface area (Å²) in [5.74, 6) is -2.08. The fraction of sp³-hybridized carbons (Fsp3) is 0.500. The van der Waals surface area contributed by atoms with Gasteiger partial charge in [0, 0.05) is 38.4 Å². The molecule has 2 atom stereocenters. The normalized spacial score (nSPS) is 22.8. The molecule has 3 rings (SSSR count). The Morgan fingerprint density at radius 1 is 1.23 bits per heavy atom. The van der Waals surface area contributed by atoms with Gasteiger partial charge >= 0.3 is 0 Å². The molecule has 1 unspecified atom stereocenters. The lowest BCUT2D eigenvalue weighted by Gasteiger charge is -2.43. The molecule has 11 heteroatoms. The molecule has 0 saturated carbocycles. The van der Waals surface area contributed by atoms with Crippen LogP contribution in [0.2, 0.25) is 10.0 Å². The first-order chi connectivity index (χ1) is 14.7. The predicted octanol–water partition coefficient (Wildman–Crippen LogP) is 3.29. The average molecular weight is 475 g/mol. The Kier molecular flexibility index (Phi) is 7.48. The Morgan fingerprint density at radius 3 is 2.52 bits per heavy atom. The van der Waals surface area contributed by atoms with Crippen molar-refractivity contribution >= 4 is 40.6 Å². The van der Waals surface area contributed by atoms with E-state index in [1.807, 2.05) is 0 Å². The van der Waals surface area contributed by atoms with Gasteiger partial charge in [-0.1, -0.05) is 23.2 Å². The Labute approximate surface area is 190 Å². The largest absolute Gasteiger partial charge is 0.383 e. The van der Waals surface area contributed by atoms with E-state index in [0.717, 1.165) is 19.3 Å². The van der Waals surface area contributed by atoms with Crippen LogP contribution in [0.3, 0.4) is 0 Å². The summed E-state index contributed by atoms with van der Waals surface area (Å²) in [4.78, 5) is 16.6. The number of likely N-dealkylation sites (tertiary alicyclic amines) is 2. The minimum Gasteiger partial charge on any atom is -0.383 e. The van der Waals surface area contributed by atoms with Gasteiger partial charge in [-0.05, 0) is 37.8 Å². The third-order valence-electron chi connectivity index (χ3n) is 5.66. The standard InChI is InChI=1S/C20H26Cl2F2N6O/c1-27-18(25)17(24)19(26)29-6-2-4-12(10-29)30-7-3-5-15(20(30)31)28-11-8-13(21)16(23)14(22)9-11/h8-9,12,15,26-28H,2-7,10,25H2,1H3/b18-17+,26-19?/t12-,15?/m1/s1. The number of nitrogens with zero attached hydrogens (tertiary/aromatic N) is 2. The highest BCUT2D eigenvalue weighted by molar-refractivity contribution is 6.35. The molecule has 0 radical (unpaired) electrons. The van der Waals surface area contributed by atoms with E-state index in [0.29, 0.717) is 31.7 Å². The van der Waals surface area contributed by atoms with Crippen LogP contribution in [0, 0.1) is 11.2 Å². The van der Waals surface area contributed by atoms with E-state index < -0.39 is 17.7 Å². The molecule has 31 heavy (non-hydrogen) atoms. The van der Waals surface area contributed by atoms with Crippen LogP contribution in [0.4, 0.5) is 14.5 Å². The van der Waals surface area contributed by atoms with E-state index in [2.05, 4.69) is 10.6 Å². The topological polar surface area (TPSA) is 97.5 Å². The monoisotopic (exact) mass is 474 g/mol. The molecule has 1 aromatic carbocycles. The number of piperidine rings is 2. The van der Waals surface area contributed by atoms with Crippen molar-refractivity contribution in [3.63, 3.8) is 0 Å². The van der Waals surface area contributed by atoms with Gasteiger partial charge in [-0.25, -0.2) is 4.39 Å². The van der Waals surface area contributed by atoms with Gasteiger partial charge in [-0.2, -0.15) is 4.39 Å². The van der Waals surface area contributed by atoms with Crippen LogP contribution < -0.4 is 16.4 Å². The van der Waals surface area contributed by atoms with Gasteiger partial charge in [0.1, 0.15) is 11.9 Å². The first kappa shape index (κ1) is 23.4. The number of rotatable bonds is 5. The van der Waals surface area contributed by atoms with Gasteiger partial charge < -0.3 is 26.2 Å². The van der Waals surface area contributed by atoms with Crippen LogP contribution >= 0.6 is 23.2 Å². The summed E-state index contributed by atoms with van der Waals surface area (Å²) >= 11 is 11.7. The quantitative estimate of drug-likeness (QED) is 0.298. The number of nitrogens with two attached hydrogens (primary N) is 1. The Morgan fingerprint density at radius 2 is 1.87 bits per heavy atom. The van der Waals surface area contributed by atoms with Gasteiger partial charge in [-0.15, -0.1) is 0 Å². The number of amides is 1. The third kappa shape index (κ3) is 5.15. The maximum absolute atomic E-state index is 14.3. The Balaban J connectivity index is 1.70. The molecule has 0 bridgehead atoms. The number of nitrogens with one attached hydrogen (secondary N) is 3. The van der Waals surface area contributed by atoms with Crippen molar-refractivity contribution < 1.29 is 13.6 Å². The summed E-state index contributed by atoms with van der Waals surface area (Å²) in [5, 5.41) is 13.5. The molecule has 0 aliphatic carbocycles. The maximum atomic E-state index is 14.3. The number of carbonyl (C=O) groups is 1. The number of anilines is 1. The van der Waals surface area contributed by atoms with Crippen molar-refractivity contribution in [3.8, 4) is 0 Å². The van der Waals surface area contributed by atoms with E-state index >= 15 is 0 Å². The van der Waals surface area contributed by atoms with Crippen LogP contribution in [-0.2, 0) is 4.79 Å². The number of hydrogen-bond donors (Lipinski definition) is 4. The molecule has 1 aromatic rings. The SMILES string of the molecule is CN/C(N)=C(/F)C(=N)N1CCC[C@@H](N2CCCC(Nc3cc(Cl)c(F)c(Cl)c3)C2=O)C1. The second-order valence-corrected chi connectivity index (χ2v) is 8.51. The minimum atomic E-state index is -0.808. The van der Waals surface area contributed by atoms with Gasteiger partial charge in [0.25, 0.3) is 0 Å². The fourth-order valence-corrected chi connectivity index (χ4v) is 4.51. The predicted molar refractivity (Wildman–Crippen MR) is 118 cm³/mol. The number of hydrogen-bond acceptors (Lipinski definition) is 5. The first-order valence-corrected chi connectivity index (χ1v) is 10.9. The van der Waals surface area contributed by atoms with Gasteiger partial charge in [0.05, 0.1) is 10.0 Å². The van der Waals surface area contributed by atoms with Crippen LogP contribution in [0.25, 0.3) is 0 Å². The molecule has 2 heterocycles. The number of benzene rings is 1. The van der Waals surface area contributed by atoms with E-state index in [-0.39, 0.29) is 33.7 Å². The van der Waals surface area contributed by atoms with Crippen LogP contribution in [-0.4, -0.2) is 60.3 Å². The van der Waals surface area contributed by atoms with E-state index in [1.165, 1.54) is 19.2 Å². The van der Waals surface area contributed by atoms with Crippen molar-refractivity contribution in [1.29, 1.82) is 5.41 Å². The second-order valence-electron chi connectivity index (χ2n) is 7.69. The molecule has 0 spiro atoms. The number of carbonyl (C=O) groups excluding carboxylic acids is 1. The molecule has 2 fully saturated rings. The maximum Gasteiger partial charge on any atom is 0.245 e. The summed E-state index contributed by atoms with van der Waals surface area (Å²) in [5.41, 5.74) is 6.03. The molecular formula is C20H26Cl2F2N6O. The zero-order chi connectivity index (χ0) is 22.7. The smallest absolute Gasteiger partial charge is 0.245 e. The van der Waals surface area contributed by atoms with E-state index in [1.54, 1.807) is 9.80 Å². The fourth-order valence-electron chi connectivity index (χ4n) is 4.02. The van der Waals surface area contributed by atoms with Gasteiger partial charge in [0.15, 0.2) is 11.7 Å². The van der Waals surface area contributed by atoms with Crippen molar-refractivity contribution in [1.82, 2.24) is 15.1 Å². The zero-order valence-corrected chi connectivity index (χ0v) is 18.7. The molecule has 7 nitrogen and oxygen atoms in total. The third-order valence-corrected chi connectivity index (χ3v) is 6.21. The first-order valence-electron chi connectivity index (χ1n) is 10.1. The van der Waals surface area contributed by atoms with Crippen LogP contribution in [0.5, 0.6) is 0 Å². The second kappa shape index (κ2) is 9.91. The summed E-state index contributed by atoms with van der Waals surface area (Å²) in [6.07, 6.45) is 2.89. The molecule has 2 aliphatic heterocycles. The number of amidine groups is 1. The summed E-state index contributed by atoms with van der Waals surface area (Å²) in [6.45, 7) is 1.47. The van der Waals surface area contributed by atoms with Crippen LogP contribution in [0.1, 0.15) is 25.7 Å². The van der Waals surface area contributed by atoms with E-state index in [9.17, 15) is 13.6 Å². The average Bonchev–Trinajstić information content (AvgIpc) is 2.77. The highest BCUT2D eigenvalue weighted by Crippen LogP contribution is 2.29. The van der Waals surface area contributed by atoms with Crippen LogP contribution in [0.15, 0.2) is 23.8 Å². The zero-order valence-electron chi connectivity index (χ0n) is 17.2. The summed E-state index contributed by atoms with van der Waals surface area (Å²) in [6, 6.07) is 2.16. The number of halogens is 4. The van der Waals surface area contributed by atoms with Crippen molar-refractivity contribution in [2.24, 2.45) is 5.73 Å². The molecule has 1 amide bonds. The van der Waals surface area contributed by atoms with Gasteiger partial charge in [0.2, 0.25) is 11.7 Å². The Bertz CT molecular complexity index is 873. The molecule has 2 saturated heterocycles. The minimum absolute atomic E-state index is 0.0908.